The maximum atomic E-state index is 13.6. The highest BCUT2D eigenvalue weighted by Crippen LogP contribution is 2.44. The molecule has 0 bridgehead atoms. The number of hydrogen-bond donors (Lipinski definition) is 1. The molecule has 1 aliphatic rings. The Balaban J connectivity index is 0.00000245. The number of amides is 1. The largest absolute Gasteiger partial charge is 0.322 e. The number of benzene rings is 2. The molecule has 1 aliphatic carbocycles. The number of halogens is 1. The molecule has 0 spiro atoms. The monoisotopic (exact) mass is 462 g/mol. The van der Waals surface area contributed by atoms with E-state index in [-0.39, 0.29) is 18.3 Å². The predicted octanol–water partition coefficient (Wildman–Crippen LogP) is 7.38. The molecule has 1 atom stereocenters. The second kappa shape index (κ2) is 9.05. The smallest absolute Gasteiger partial charge is 0.258 e. The molecular weight excluding hydrogens is 436 g/mol. The zero-order valence-corrected chi connectivity index (χ0v) is 20.2. The quantitative estimate of drug-likeness (QED) is 0.345. The van der Waals surface area contributed by atoms with Crippen molar-refractivity contribution in [2.75, 3.05) is 5.32 Å². The molecule has 0 saturated heterocycles. The summed E-state index contributed by atoms with van der Waals surface area (Å²) in [6.45, 7) is 6.30. The first-order valence-electron chi connectivity index (χ1n) is 10.9. The van der Waals surface area contributed by atoms with Crippen LogP contribution in [0.2, 0.25) is 0 Å². The van der Waals surface area contributed by atoms with E-state index >= 15 is 0 Å². The number of aromatic nitrogens is 1. The molecule has 3 nitrogen and oxygen atoms in total. The minimum Gasteiger partial charge on any atom is -0.322 e. The lowest BCUT2D eigenvalue weighted by Crippen LogP contribution is -2.17. The van der Waals surface area contributed by atoms with Gasteiger partial charge >= 0.3 is 0 Å². The number of anilines is 1. The Morgan fingerprint density at radius 1 is 1.06 bits per heavy atom. The minimum absolute atomic E-state index is 0. The summed E-state index contributed by atoms with van der Waals surface area (Å²) < 4.78 is 0. The minimum atomic E-state index is -0.0934. The van der Waals surface area contributed by atoms with Crippen LogP contribution in [0.3, 0.4) is 0 Å². The molecule has 5 rings (SSSR count). The fraction of sp³-hybridized carbons (Fsp3) is 0.259. The summed E-state index contributed by atoms with van der Waals surface area (Å²) in [4.78, 5) is 21.1. The van der Waals surface area contributed by atoms with Crippen LogP contribution in [-0.2, 0) is 12.8 Å². The fourth-order valence-corrected chi connectivity index (χ4v) is 6.09. The summed E-state index contributed by atoms with van der Waals surface area (Å²) in [5.74, 6) is 0.606. The zero-order chi connectivity index (χ0) is 21.5. The summed E-state index contributed by atoms with van der Waals surface area (Å²) in [5, 5.41) is 4.33. The molecule has 5 heteroatoms. The van der Waals surface area contributed by atoms with Crippen LogP contribution in [0.25, 0.3) is 21.3 Å². The van der Waals surface area contributed by atoms with Gasteiger partial charge in [0.2, 0.25) is 0 Å². The number of carbonyl (C=O) groups excluding carboxylic acids is 1. The SMILES string of the molecule is Cc1ccccc1NC(=O)c1c(C)nc2sc3c(c2c1-c1ccccc1)CCC(C)C3.Cl. The highest BCUT2D eigenvalue weighted by Gasteiger charge is 2.27. The molecule has 0 fully saturated rings. The van der Waals surface area contributed by atoms with Gasteiger partial charge in [-0.2, -0.15) is 0 Å². The molecule has 4 aromatic rings. The van der Waals surface area contributed by atoms with Crippen molar-refractivity contribution < 1.29 is 4.79 Å². The molecule has 1 amide bonds. The van der Waals surface area contributed by atoms with Crippen LogP contribution in [0.15, 0.2) is 54.6 Å². The van der Waals surface area contributed by atoms with Gasteiger partial charge in [0.25, 0.3) is 5.91 Å². The number of thiophene rings is 1. The van der Waals surface area contributed by atoms with Crippen molar-refractivity contribution in [1.29, 1.82) is 0 Å². The molecule has 0 saturated carbocycles. The van der Waals surface area contributed by atoms with Crippen LogP contribution in [0.4, 0.5) is 5.69 Å². The first-order chi connectivity index (χ1) is 15.0. The van der Waals surface area contributed by atoms with Gasteiger partial charge < -0.3 is 5.32 Å². The van der Waals surface area contributed by atoms with Crippen molar-refractivity contribution >= 4 is 45.6 Å². The number of pyridine rings is 1. The maximum absolute atomic E-state index is 13.6. The molecule has 2 aromatic heterocycles. The van der Waals surface area contributed by atoms with Crippen LogP contribution in [-0.4, -0.2) is 10.9 Å². The Kier molecular flexibility index (Phi) is 6.36. The molecule has 1 N–H and O–H groups in total. The number of rotatable bonds is 3. The zero-order valence-electron chi connectivity index (χ0n) is 18.6. The fourth-order valence-electron chi connectivity index (χ4n) is 4.66. The molecule has 32 heavy (non-hydrogen) atoms. The Morgan fingerprint density at radius 2 is 1.78 bits per heavy atom. The van der Waals surface area contributed by atoms with Crippen molar-refractivity contribution in [3.05, 3.63) is 81.9 Å². The van der Waals surface area contributed by atoms with Gasteiger partial charge in [0.1, 0.15) is 4.83 Å². The van der Waals surface area contributed by atoms with Crippen molar-refractivity contribution in [3.63, 3.8) is 0 Å². The van der Waals surface area contributed by atoms with E-state index < -0.39 is 0 Å². The molecular formula is C27H27ClN2OS. The van der Waals surface area contributed by atoms with Crippen LogP contribution in [0, 0.1) is 19.8 Å². The third-order valence-electron chi connectivity index (χ3n) is 6.31. The topological polar surface area (TPSA) is 42.0 Å². The number of nitrogens with zero attached hydrogens (tertiary/aromatic N) is 1. The van der Waals surface area contributed by atoms with Crippen molar-refractivity contribution in [3.8, 4) is 11.1 Å². The molecule has 0 radical (unpaired) electrons. The first-order valence-corrected chi connectivity index (χ1v) is 11.7. The Morgan fingerprint density at radius 3 is 2.53 bits per heavy atom. The second-order valence-corrected chi connectivity index (χ2v) is 9.70. The summed E-state index contributed by atoms with van der Waals surface area (Å²) in [6.07, 6.45) is 3.35. The third kappa shape index (κ3) is 3.94. The average molecular weight is 463 g/mol. The van der Waals surface area contributed by atoms with E-state index in [1.807, 2.05) is 67.6 Å². The molecule has 0 aliphatic heterocycles. The van der Waals surface area contributed by atoms with Crippen molar-refractivity contribution in [2.24, 2.45) is 5.92 Å². The lowest BCUT2D eigenvalue weighted by Gasteiger charge is -2.20. The Bertz CT molecular complexity index is 1300. The maximum Gasteiger partial charge on any atom is 0.258 e. The Labute approximate surface area is 199 Å². The summed E-state index contributed by atoms with van der Waals surface area (Å²) in [5.41, 5.74) is 6.85. The van der Waals surface area contributed by atoms with Crippen LogP contribution >= 0.6 is 23.7 Å². The van der Waals surface area contributed by atoms with Gasteiger partial charge in [-0.05, 0) is 61.8 Å². The standard InChI is InChI=1S/C27H26N2OS.ClH/c1-16-13-14-20-22(15-16)31-27-25(20)24(19-10-5-4-6-11-19)23(18(3)28-27)26(30)29-21-12-8-7-9-17(21)2;/h4-12,16H,13-15H2,1-3H3,(H,29,30);1H. The van der Waals surface area contributed by atoms with Gasteiger partial charge in [0.15, 0.2) is 0 Å². The first kappa shape index (κ1) is 22.5. The van der Waals surface area contributed by atoms with E-state index in [9.17, 15) is 4.79 Å². The van der Waals surface area contributed by atoms with E-state index in [2.05, 4.69) is 24.4 Å². The number of fused-ring (bicyclic) bond motifs is 3. The van der Waals surface area contributed by atoms with Gasteiger partial charge in [-0.25, -0.2) is 4.98 Å². The Hall–Kier alpha value is -2.69. The van der Waals surface area contributed by atoms with Crippen LogP contribution in [0.1, 0.15) is 45.4 Å². The lowest BCUT2D eigenvalue weighted by atomic mass is 9.86. The van der Waals surface area contributed by atoms with Gasteiger partial charge in [0, 0.05) is 21.5 Å². The van der Waals surface area contributed by atoms with E-state index in [4.69, 9.17) is 4.98 Å². The number of carbonyl (C=O) groups is 1. The number of para-hydroxylation sites is 1. The molecule has 2 aromatic carbocycles. The highest BCUT2D eigenvalue weighted by atomic mass is 35.5. The number of nitrogens with one attached hydrogen (secondary N) is 1. The molecule has 164 valence electrons. The van der Waals surface area contributed by atoms with E-state index in [1.54, 1.807) is 0 Å². The van der Waals surface area contributed by atoms with E-state index in [1.165, 1.54) is 22.2 Å². The average Bonchev–Trinajstić information content (AvgIpc) is 3.11. The number of hydrogen-bond acceptors (Lipinski definition) is 3. The molecule has 1 unspecified atom stereocenters. The lowest BCUT2D eigenvalue weighted by molar-refractivity contribution is 0.102. The van der Waals surface area contributed by atoms with Gasteiger partial charge in [-0.1, -0.05) is 55.5 Å². The summed E-state index contributed by atoms with van der Waals surface area (Å²) in [7, 11) is 0. The van der Waals surface area contributed by atoms with E-state index in [0.29, 0.717) is 11.5 Å². The summed E-state index contributed by atoms with van der Waals surface area (Å²) >= 11 is 1.81. The van der Waals surface area contributed by atoms with Crippen molar-refractivity contribution in [2.45, 2.75) is 40.0 Å². The normalized spacial score (nSPS) is 15.2. The van der Waals surface area contributed by atoms with Gasteiger partial charge in [0.05, 0.1) is 11.3 Å². The van der Waals surface area contributed by atoms with Crippen LogP contribution < -0.4 is 5.32 Å². The predicted molar refractivity (Wildman–Crippen MR) is 137 cm³/mol. The number of aryl methyl sites for hydroxylation is 3. The van der Waals surface area contributed by atoms with Gasteiger partial charge in [-0.15, -0.1) is 23.7 Å². The second-order valence-electron chi connectivity index (χ2n) is 8.61. The summed E-state index contributed by atoms with van der Waals surface area (Å²) in [6, 6.07) is 18.2. The van der Waals surface area contributed by atoms with Crippen molar-refractivity contribution in [1.82, 2.24) is 4.98 Å². The third-order valence-corrected chi connectivity index (χ3v) is 7.46. The highest BCUT2D eigenvalue weighted by molar-refractivity contribution is 7.19. The van der Waals surface area contributed by atoms with Crippen LogP contribution in [0.5, 0.6) is 0 Å². The molecule has 2 heterocycles. The van der Waals surface area contributed by atoms with E-state index in [0.717, 1.165) is 45.7 Å². The van der Waals surface area contributed by atoms with Gasteiger partial charge in [-0.3, -0.25) is 4.79 Å².